The van der Waals surface area contributed by atoms with Crippen molar-refractivity contribution in [3.63, 3.8) is 0 Å². The van der Waals surface area contributed by atoms with Crippen LogP contribution < -0.4 is 0 Å². The zero-order valence-corrected chi connectivity index (χ0v) is 10.8. The molecule has 1 aliphatic rings. The first-order valence-corrected chi connectivity index (χ1v) is 7.42. The third-order valence-corrected chi connectivity index (χ3v) is 5.25. The van der Waals surface area contributed by atoms with Gasteiger partial charge in [-0.05, 0) is 25.0 Å². The van der Waals surface area contributed by atoms with Crippen LogP contribution in [0.5, 0.6) is 5.75 Å². The van der Waals surface area contributed by atoms with E-state index in [1.54, 1.807) is 12.1 Å². The van der Waals surface area contributed by atoms with Crippen molar-refractivity contribution in [1.82, 2.24) is 4.31 Å². The Hall–Kier alpha value is -1.11. The van der Waals surface area contributed by atoms with E-state index in [0.29, 0.717) is 0 Å². The number of benzene rings is 1. The molecule has 1 fully saturated rings. The fourth-order valence-electron chi connectivity index (χ4n) is 2.07. The van der Waals surface area contributed by atoms with Gasteiger partial charge in [0.1, 0.15) is 10.6 Å². The molecular weight excluding hydrogens is 254 g/mol. The molecule has 1 saturated carbocycles. The number of phenols is 1. The van der Waals surface area contributed by atoms with Gasteiger partial charge in [0.15, 0.2) is 0 Å². The second-order valence-corrected chi connectivity index (χ2v) is 6.25. The van der Waals surface area contributed by atoms with Crippen LogP contribution in [-0.4, -0.2) is 42.1 Å². The van der Waals surface area contributed by atoms with Crippen molar-refractivity contribution in [2.45, 2.75) is 30.2 Å². The number of hydrogen-bond acceptors (Lipinski definition) is 4. The molecule has 0 bridgehead atoms. The fourth-order valence-corrected chi connectivity index (χ4v) is 3.83. The molecule has 18 heavy (non-hydrogen) atoms. The normalized spacial score (nSPS) is 16.8. The number of rotatable bonds is 5. The number of nitrogens with zero attached hydrogens (tertiary/aromatic N) is 1. The fraction of sp³-hybridized carbons (Fsp3) is 0.500. The molecule has 0 unspecified atom stereocenters. The third kappa shape index (κ3) is 2.36. The van der Waals surface area contributed by atoms with Crippen LogP contribution in [0.25, 0.3) is 0 Å². The van der Waals surface area contributed by atoms with Crippen LogP contribution in [-0.2, 0) is 10.0 Å². The molecule has 0 aromatic heterocycles. The smallest absolute Gasteiger partial charge is 0.247 e. The van der Waals surface area contributed by atoms with Crippen molar-refractivity contribution >= 4 is 10.0 Å². The number of aromatic hydroxyl groups is 1. The van der Waals surface area contributed by atoms with Crippen molar-refractivity contribution in [2.24, 2.45) is 0 Å². The second-order valence-electron chi connectivity index (χ2n) is 4.39. The highest BCUT2D eigenvalue weighted by Gasteiger charge is 2.35. The predicted octanol–water partition coefficient (Wildman–Crippen LogP) is 0.928. The first kappa shape index (κ1) is 13.3. The largest absolute Gasteiger partial charge is 0.507 e. The lowest BCUT2D eigenvalue weighted by Crippen LogP contribution is -2.45. The predicted molar refractivity (Wildman–Crippen MR) is 66.7 cm³/mol. The van der Waals surface area contributed by atoms with Crippen LogP contribution in [0.1, 0.15) is 19.3 Å². The highest BCUT2D eigenvalue weighted by atomic mass is 32.2. The molecule has 1 aromatic carbocycles. The third-order valence-electron chi connectivity index (χ3n) is 3.25. The molecule has 0 spiro atoms. The van der Waals surface area contributed by atoms with Gasteiger partial charge < -0.3 is 10.2 Å². The van der Waals surface area contributed by atoms with E-state index in [-0.39, 0.29) is 29.8 Å². The van der Waals surface area contributed by atoms with Gasteiger partial charge >= 0.3 is 0 Å². The highest BCUT2D eigenvalue weighted by Crippen LogP contribution is 2.32. The standard InChI is InChI=1S/C12H17NO4S/c14-9-8-13(10-4-3-5-10)18(16,17)12-7-2-1-6-11(12)15/h1-2,6-7,10,14-15H,3-5,8-9H2. The Morgan fingerprint density at radius 3 is 2.44 bits per heavy atom. The Morgan fingerprint density at radius 1 is 1.28 bits per heavy atom. The van der Waals surface area contributed by atoms with Gasteiger partial charge in [0, 0.05) is 12.6 Å². The van der Waals surface area contributed by atoms with Crippen molar-refractivity contribution in [1.29, 1.82) is 0 Å². The maximum absolute atomic E-state index is 12.4. The summed E-state index contributed by atoms with van der Waals surface area (Å²) in [6.07, 6.45) is 2.63. The molecular formula is C12H17NO4S. The summed E-state index contributed by atoms with van der Waals surface area (Å²) in [7, 11) is -3.73. The average Bonchev–Trinajstić information content (AvgIpc) is 2.26. The minimum Gasteiger partial charge on any atom is -0.507 e. The molecule has 0 amide bonds. The lowest BCUT2D eigenvalue weighted by molar-refractivity contribution is 0.178. The number of aliphatic hydroxyl groups is 1. The SMILES string of the molecule is O=S(=O)(c1ccccc1O)N(CCO)C1CCC1. The van der Waals surface area contributed by atoms with Crippen molar-refractivity contribution in [3.05, 3.63) is 24.3 Å². The number of phenolic OH excluding ortho intramolecular Hbond substituents is 1. The summed E-state index contributed by atoms with van der Waals surface area (Å²) in [6, 6.07) is 5.83. The second kappa shape index (κ2) is 5.26. The topological polar surface area (TPSA) is 77.8 Å². The van der Waals surface area contributed by atoms with Gasteiger partial charge in [-0.1, -0.05) is 18.6 Å². The molecule has 0 heterocycles. The van der Waals surface area contributed by atoms with Crippen molar-refractivity contribution < 1.29 is 18.6 Å². The molecule has 0 atom stereocenters. The minimum atomic E-state index is -3.73. The summed E-state index contributed by atoms with van der Waals surface area (Å²) in [5, 5.41) is 18.7. The first-order chi connectivity index (χ1) is 8.57. The maximum atomic E-state index is 12.4. The number of para-hydroxylation sites is 1. The molecule has 1 aromatic rings. The van der Waals surface area contributed by atoms with Crippen LogP contribution in [0, 0.1) is 0 Å². The highest BCUT2D eigenvalue weighted by molar-refractivity contribution is 7.89. The summed E-state index contributed by atoms with van der Waals surface area (Å²) in [6.45, 7) is -0.148. The van der Waals surface area contributed by atoms with Gasteiger partial charge in [0.25, 0.3) is 0 Å². The average molecular weight is 271 g/mol. The lowest BCUT2D eigenvalue weighted by Gasteiger charge is -2.36. The minimum absolute atomic E-state index is 0.0539. The molecule has 2 rings (SSSR count). The van der Waals surface area contributed by atoms with E-state index in [1.165, 1.54) is 16.4 Å². The summed E-state index contributed by atoms with van der Waals surface area (Å²) in [5.74, 6) is -0.250. The Bertz CT molecular complexity index is 511. The van der Waals surface area contributed by atoms with Crippen LogP contribution in [0.15, 0.2) is 29.2 Å². The van der Waals surface area contributed by atoms with E-state index in [0.717, 1.165) is 19.3 Å². The van der Waals surface area contributed by atoms with Gasteiger partial charge in [0.05, 0.1) is 6.61 Å². The maximum Gasteiger partial charge on any atom is 0.247 e. The van der Waals surface area contributed by atoms with Gasteiger partial charge in [-0.3, -0.25) is 0 Å². The number of hydrogen-bond donors (Lipinski definition) is 2. The molecule has 2 N–H and O–H groups in total. The monoisotopic (exact) mass is 271 g/mol. The van der Waals surface area contributed by atoms with E-state index < -0.39 is 10.0 Å². The zero-order chi connectivity index (χ0) is 13.2. The molecule has 0 aliphatic heterocycles. The van der Waals surface area contributed by atoms with Gasteiger partial charge in [-0.2, -0.15) is 4.31 Å². The van der Waals surface area contributed by atoms with E-state index in [2.05, 4.69) is 0 Å². The Balaban J connectivity index is 2.36. The molecule has 5 nitrogen and oxygen atoms in total. The van der Waals surface area contributed by atoms with E-state index in [9.17, 15) is 13.5 Å². The zero-order valence-electron chi connectivity index (χ0n) is 9.99. The summed E-state index contributed by atoms with van der Waals surface area (Å²) < 4.78 is 26.2. The first-order valence-electron chi connectivity index (χ1n) is 5.98. The lowest BCUT2D eigenvalue weighted by atomic mass is 9.93. The molecule has 0 saturated heterocycles. The van der Waals surface area contributed by atoms with E-state index in [4.69, 9.17) is 5.11 Å². The van der Waals surface area contributed by atoms with Crippen LogP contribution in [0.3, 0.4) is 0 Å². The van der Waals surface area contributed by atoms with Gasteiger partial charge in [0.2, 0.25) is 10.0 Å². The number of aliphatic hydroxyl groups excluding tert-OH is 1. The number of sulfonamides is 1. The van der Waals surface area contributed by atoms with E-state index in [1.807, 2.05) is 0 Å². The molecule has 6 heteroatoms. The molecule has 0 radical (unpaired) electrons. The summed E-state index contributed by atoms with van der Waals surface area (Å²) >= 11 is 0. The van der Waals surface area contributed by atoms with Crippen molar-refractivity contribution in [3.8, 4) is 5.75 Å². The summed E-state index contributed by atoms with van der Waals surface area (Å²) in [5.41, 5.74) is 0. The van der Waals surface area contributed by atoms with Gasteiger partial charge in [-0.15, -0.1) is 0 Å². The quantitative estimate of drug-likeness (QED) is 0.835. The van der Waals surface area contributed by atoms with Crippen LogP contribution >= 0.6 is 0 Å². The summed E-state index contributed by atoms with van der Waals surface area (Å²) in [4.78, 5) is -0.0923. The Kier molecular flexibility index (Phi) is 3.89. The Morgan fingerprint density at radius 2 is 1.94 bits per heavy atom. The van der Waals surface area contributed by atoms with E-state index >= 15 is 0 Å². The van der Waals surface area contributed by atoms with Crippen LogP contribution in [0.2, 0.25) is 0 Å². The Labute approximate surface area is 107 Å². The van der Waals surface area contributed by atoms with Crippen LogP contribution in [0.4, 0.5) is 0 Å². The molecule has 100 valence electrons. The molecule has 1 aliphatic carbocycles. The van der Waals surface area contributed by atoms with Crippen molar-refractivity contribution in [2.75, 3.05) is 13.2 Å². The van der Waals surface area contributed by atoms with Gasteiger partial charge in [-0.25, -0.2) is 8.42 Å².